The lowest BCUT2D eigenvalue weighted by atomic mass is 10.2. The third-order valence-corrected chi connectivity index (χ3v) is 4.94. The molecule has 0 spiro atoms. The highest BCUT2D eigenvalue weighted by atomic mass is 32.2. The van der Waals surface area contributed by atoms with Crippen molar-refractivity contribution in [1.29, 1.82) is 0 Å². The third kappa shape index (κ3) is 8.04. The quantitative estimate of drug-likeness (QED) is 0.360. The van der Waals surface area contributed by atoms with Crippen molar-refractivity contribution in [2.75, 3.05) is 32.0 Å². The van der Waals surface area contributed by atoms with E-state index in [0.29, 0.717) is 37.1 Å². The van der Waals surface area contributed by atoms with Crippen LogP contribution < -0.4 is 15.4 Å². The van der Waals surface area contributed by atoms with Crippen molar-refractivity contribution >= 4 is 16.8 Å². The van der Waals surface area contributed by atoms with Gasteiger partial charge in [0.1, 0.15) is 12.4 Å². The van der Waals surface area contributed by atoms with Crippen LogP contribution in [0.2, 0.25) is 0 Å². The summed E-state index contributed by atoms with van der Waals surface area (Å²) in [4.78, 5) is 4.39. The molecule has 0 aliphatic rings. The molecular weight excluding hydrogens is 384 g/mol. The Hall–Kier alpha value is -2.48. The number of hydrogen-bond acceptors (Lipinski definition) is 3. The third-order valence-electron chi connectivity index (χ3n) is 3.65. The molecule has 0 aromatic heterocycles. The predicted molar refractivity (Wildman–Crippen MR) is 109 cm³/mol. The zero-order chi connectivity index (χ0) is 20.2. The van der Waals surface area contributed by atoms with Crippen LogP contribution in [0.3, 0.4) is 0 Å². The first kappa shape index (κ1) is 21.8. The maximum Gasteiger partial charge on any atom is 0.191 e. The Bertz CT molecular complexity index is 788. The zero-order valence-electron chi connectivity index (χ0n) is 15.8. The van der Waals surface area contributed by atoms with E-state index in [2.05, 4.69) is 15.6 Å². The first-order chi connectivity index (χ1) is 13.6. The molecule has 0 fully saturated rings. The van der Waals surface area contributed by atoms with Gasteiger partial charge in [-0.15, -0.1) is 0 Å². The topological polar surface area (TPSA) is 62.7 Å². The Labute approximate surface area is 166 Å². The molecule has 0 saturated heterocycles. The van der Waals surface area contributed by atoms with Crippen LogP contribution in [0, 0.1) is 11.6 Å². The van der Waals surface area contributed by atoms with Gasteiger partial charge < -0.3 is 15.4 Å². The second-order valence-electron chi connectivity index (χ2n) is 5.88. The Morgan fingerprint density at radius 1 is 1.14 bits per heavy atom. The molecule has 0 aliphatic heterocycles. The zero-order valence-corrected chi connectivity index (χ0v) is 16.6. The number of aliphatic imine (C=N–C) groups is 1. The van der Waals surface area contributed by atoms with Crippen molar-refractivity contribution in [3.8, 4) is 5.75 Å². The van der Waals surface area contributed by atoms with Crippen molar-refractivity contribution in [2.24, 2.45) is 4.99 Å². The second-order valence-corrected chi connectivity index (χ2v) is 7.46. The van der Waals surface area contributed by atoms with E-state index >= 15 is 0 Å². The first-order valence-electron chi connectivity index (χ1n) is 9.07. The minimum Gasteiger partial charge on any atom is -0.489 e. The minimum absolute atomic E-state index is 0.00134. The summed E-state index contributed by atoms with van der Waals surface area (Å²) in [6.45, 7) is 3.60. The summed E-state index contributed by atoms with van der Waals surface area (Å²) in [5.41, 5.74) is 1.04. The number of benzene rings is 2. The van der Waals surface area contributed by atoms with Gasteiger partial charge in [-0.1, -0.05) is 30.3 Å². The van der Waals surface area contributed by atoms with Crippen LogP contribution in [0.4, 0.5) is 8.78 Å². The number of halogens is 2. The van der Waals surface area contributed by atoms with E-state index in [1.165, 1.54) is 6.07 Å². The van der Waals surface area contributed by atoms with Crippen LogP contribution in [0.15, 0.2) is 53.5 Å². The van der Waals surface area contributed by atoms with Crippen LogP contribution in [-0.2, 0) is 16.6 Å². The van der Waals surface area contributed by atoms with Gasteiger partial charge in [-0.2, -0.15) is 0 Å². The van der Waals surface area contributed by atoms with Gasteiger partial charge in [-0.25, -0.2) is 8.78 Å². The Morgan fingerprint density at radius 3 is 2.64 bits per heavy atom. The number of nitrogens with one attached hydrogen (secondary N) is 2. The highest BCUT2D eigenvalue weighted by Crippen LogP contribution is 2.17. The Balaban J connectivity index is 1.73. The van der Waals surface area contributed by atoms with Gasteiger partial charge in [-0.05, 0) is 24.6 Å². The van der Waals surface area contributed by atoms with Crippen LogP contribution in [-0.4, -0.2) is 42.2 Å². The van der Waals surface area contributed by atoms with E-state index in [4.69, 9.17) is 4.74 Å². The van der Waals surface area contributed by atoms with Crippen molar-refractivity contribution in [3.05, 3.63) is 65.7 Å². The summed E-state index contributed by atoms with van der Waals surface area (Å²) in [6.07, 6.45) is 0. The summed E-state index contributed by atoms with van der Waals surface area (Å²) in [7, 11) is -0.988. The maximum absolute atomic E-state index is 13.5. The van der Waals surface area contributed by atoms with E-state index in [1.807, 2.05) is 37.3 Å². The monoisotopic (exact) mass is 409 g/mol. The number of guanidine groups is 1. The van der Waals surface area contributed by atoms with E-state index in [9.17, 15) is 13.0 Å². The van der Waals surface area contributed by atoms with Crippen molar-refractivity contribution in [2.45, 2.75) is 12.7 Å². The molecule has 0 radical (unpaired) electrons. The van der Waals surface area contributed by atoms with Crippen molar-refractivity contribution in [1.82, 2.24) is 10.6 Å². The van der Waals surface area contributed by atoms with Crippen LogP contribution in [0.1, 0.15) is 12.5 Å². The summed E-state index contributed by atoms with van der Waals surface area (Å²) in [6, 6.07) is 12.9. The summed E-state index contributed by atoms with van der Waals surface area (Å²) in [5.74, 6) is 0.166. The molecule has 5 nitrogen and oxygen atoms in total. The highest BCUT2D eigenvalue weighted by molar-refractivity contribution is 7.84. The number of ether oxygens (including phenoxy) is 1. The molecule has 2 rings (SSSR count). The van der Waals surface area contributed by atoms with Gasteiger partial charge >= 0.3 is 0 Å². The molecule has 152 valence electrons. The number of hydrogen-bond donors (Lipinski definition) is 2. The minimum atomic E-state index is -0.988. The average Bonchev–Trinajstić information content (AvgIpc) is 2.67. The molecule has 1 unspecified atom stereocenters. The van der Waals surface area contributed by atoms with Gasteiger partial charge in [0, 0.05) is 34.9 Å². The first-order valence-corrected chi connectivity index (χ1v) is 10.6. The Morgan fingerprint density at radius 2 is 1.93 bits per heavy atom. The summed E-state index contributed by atoms with van der Waals surface area (Å²) in [5, 5.41) is 6.15. The predicted octanol–water partition coefficient (Wildman–Crippen LogP) is 2.85. The average molecular weight is 410 g/mol. The second kappa shape index (κ2) is 12.1. The molecule has 8 heteroatoms. The van der Waals surface area contributed by atoms with E-state index in [1.54, 1.807) is 0 Å². The highest BCUT2D eigenvalue weighted by Gasteiger charge is 2.05. The van der Waals surface area contributed by atoms with Gasteiger partial charge in [0.05, 0.1) is 13.1 Å². The fourth-order valence-electron chi connectivity index (χ4n) is 2.36. The summed E-state index contributed by atoms with van der Waals surface area (Å²) < 4.78 is 43.8. The number of rotatable bonds is 10. The van der Waals surface area contributed by atoms with Crippen LogP contribution in [0.25, 0.3) is 0 Å². The van der Waals surface area contributed by atoms with E-state index in [0.717, 1.165) is 17.7 Å². The molecule has 0 saturated carbocycles. The molecule has 0 aliphatic carbocycles. The molecule has 2 aromatic carbocycles. The van der Waals surface area contributed by atoms with Crippen LogP contribution in [0.5, 0.6) is 5.75 Å². The molecule has 1 atom stereocenters. The van der Waals surface area contributed by atoms with E-state index in [-0.39, 0.29) is 12.4 Å². The number of nitrogens with zero attached hydrogens (tertiary/aromatic N) is 1. The molecule has 0 bridgehead atoms. The van der Waals surface area contributed by atoms with Crippen molar-refractivity contribution < 1.29 is 17.7 Å². The van der Waals surface area contributed by atoms with Gasteiger partial charge in [0.2, 0.25) is 0 Å². The van der Waals surface area contributed by atoms with Crippen molar-refractivity contribution in [3.63, 3.8) is 0 Å². The maximum atomic E-state index is 13.5. The molecule has 0 amide bonds. The van der Waals surface area contributed by atoms with Gasteiger partial charge in [0.15, 0.2) is 17.5 Å². The lowest BCUT2D eigenvalue weighted by Gasteiger charge is -2.12. The van der Waals surface area contributed by atoms with Gasteiger partial charge in [0.25, 0.3) is 0 Å². The summed E-state index contributed by atoms with van der Waals surface area (Å²) >= 11 is 0. The molecule has 2 aromatic rings. The fourth-order valence-corrected chi connectivity index (χ4v) is 3.36. The normalized spacial score (nSPS) is 12.5. The lowest BCUT2D eigenvalue weighted by molar-refractivity contribution is 0.304. The molecule has 28 heavy (non-hydrogen) atoms. The fraction of sp³-hybridized carbons (Fsp3) is 0.350. The largest absolute Gasteiger partial charge is 0.489 e. The standard InChI is InChI=1S/C20H25F2N3O2S/c1-2-23-20(24-10-12-27-19-9-8-17(21)14-18(19)22)25-11-13-28(26)15-16-6-4-3-5-7-16/h3-9,14H,2,10-13,15H2,1H3,(H2,23,24,25). The molecule has 0 heterocycles. The molecular formula is C20H25F2N3O2S. The van der Waals surface area contributed by atoms with E-state index < -0.39 is 22.4 Å². The Kier molecular flexibility index (Phi) is 9.41. The smallest absolute Gasteiger partial charge is 0.191 e. The lowest BCUT2D eigenvalue weighted by Crippen LogP contribution is -2.39. The molecule has 2 N–H and O–H groups in total. The van der Waals surface area contributed by atoms with Gasteiger partial charge in [-0.3, -0.25) is 9.20 Å². The van der Waals surface area contributed by atoms with Crippen LogP contribution >= 0.6 is 0 Å². The SMILES string of the molecule is CCNC(=NCCS(=O)Cc1ccccc1)NCCOc1ccc(F)cc1F.